The molecule has 0 bridgehead atoms. The van der Waals surface area contributed by atoms with E-state index < -0.39 is 0 Å². The summed E-state index contributed by atoms with van der Waals surface area (Å²) in [6.45, 7) is 4.18. The largest absolute Gasteiger partial charge is 0.338 e. The van der Waals surface area contributed by atoms with Gasteiger partial charge in [-0.15, -0.1) is 0 Å². The van der Waals surface area contributed by atoms with Gasteiger partial charge in [0.2, 0.25) is 5.95 Å². The van der Waals surface area contributed by atoms with Crippen molar-refractivity contribution in [2.75, 3.05) is 37.6 Å². The highest BCUT2D eigenvalue weighted by Gasteiger charge is 2.25. The fourth-order valence-corrected chi connectivity index (χ4v) is 2.64. The molecule has 110 valence electrons. The fraction of sp³-hybridized carbons (Fsp3) is 0.429. The second-order valence-electron chi connectivity index (χ2n) is 4.96. The van der Waals surface area contributed by atoms with E-state index in [0.717, 1.165) is 37.8 Å². The molecule has 2 aromatic rings. The van der Waals surface area contributed by atoms with Gasteiger partial charge < -0.3 is 10.6 Å². The van der Waals surface area contributed by atoms with Crippen LogP contribution in [0.3, 0.4) is 0 Å². The Morgan fingerprint density at radius 1 is 1.05 bits per heavy atom. The van der Waals surface area contributed by atoms with Crippen molar-refractivity contribution in [3.8, 4) is 0 Å². The summed E-state index contributed by atoms with van der Waals surface area (Å²) in [4.78, 5) is 21.5. The number of nitrogens with zero attached hydrogens (tertiary/aromatic N) is 6. The van der Waals surface area contributed by atoms with Crippen LogP contribution in [0.5, 0.6) is 0 Å². The molecule has 1 saturated heterocycles. The molecule has 2 aromatic heterocycles. The third-order valence-electron chi connectivity index (χ3n) is 3.76. The first-order chi connectivity index (χ1) is 10.4. The van der Waals surface area contributed by atoms with Crippen LogP contribution < -0.4 is 10.6 Å². The Labute approximate surface area is 123 Å². The lowest BCUT2D eigenvalue weighted by atomic mass is 10.1. The Hall–Kier alpha value is -2.12. The molecule has 0 amide bonds. The maximum Gasteiger partial charge on any atom is 0.225 e. The fourth-order valence-electron chi connectivity index (χ4n) is 2.64. The smallest absolute Gasteiger partial charge is 0.225 e. The highest BCUT2D eigenvalue weighted by atomic mass is 15.3. The third kappa shape index (κ3) is 3.14. The molecule has 3 rings (SSSR count). The Morgan fingerprint density at radius 3 is 2.43 bits per heavy atom. The van der Waals surface area contributed by atoms with Crippen LogP contribution in [0, 0.1) is 0 Å². The summed E-state index contributed by atoms with van der Waals surface area (Å²) < 4.78 is 0. The highest BCUT2D eigenvalue weighted by Crippen LogP contribution is 2.20. The molecule has 3 heterocycles. The third-order valence-corrected chi connectivity index (χ3v) is 3.76. The molecule has 7 nitrogen and oxygen atoms in total. The zero-order chi connectivity index (χ0) is 14.5. The number of hydrogen-bond acceptors (Lipinski definition) is 7. The predicted molar refractivity (Wildman–Crippen MR) is 79.6 cm³/mol. The normalized spacial score (nSPS) is 17.7. The van der Waals surface area contributed by atoms with Gasteiger partial charge in [0.15, 0.2) is 0 Å². The van der Waals surface area contributed by atoms with Crippen LogP contribution in [0.1, 0.15) is 11.7 Å². The molecular formula is C14H19N7. The van der Waals surface area contributed by atoms with E-state index >= 15 is 0 Å². The molecule has 0 saturated carbocycles. The lowest BCUT2D eigenvalue weighted by Gasteiger charge is -2.38. The van der Waals surface area contributed by atoms with E-state index in [4.69, 9.17) is 5.73 Å². The summed E-state index contributed by atoms with van der Waals surface area (Å²) >= 11 is 0. The quantitative estimate of drug-likeness (QED) is 0.852. The average Bonchev–Trinajstić information content (AvgIpc) is 2.58. The van der Waals surface area contributed by atoms with Gasteiger partial charge in [0.1, 0.15) is 6.33 Å². The van der Waals surface area contributed by atoms with E-state index in [0.29, 0.717) is 6.54 Å². The van der Waals surface area contributed by atoms with Crippen LogP contribution in [0.4, 0.5) is 5.95 Å². The molecular weight excluding hydrogens is 266 g/mol. The number of hydrogen-bond donors (Lipinski definition) is 1. The van der Waals surface area contributed by atoms with Gasteiger partial charge >= 0.3 is 0 Å². The van der Waals surface area contributed by atoms with Gasteiger partial charge in [-0.2, -0.15) is 0 Å². The van der Waals surface area contributed by atoms with Gasteiger partial charge in [-0.05, 0) is 12.1 Å². The molecule has 7 heteroatoms. The van der Waals surface area contributed by atoms with Crippen molar-refractivity contribution in [3.05, 3.63) is 42.7 Å². The molecule has 1 fully saturated rings. The number of nitrogens with two attached hydrogens (primary N) is 1. The Bertz CT molecular complexity index is 540. The molecule has 2 N–H and O–H groups in total. The Morgan fingerprint density at radius 2 is 1.81 bits per heavy atom. The minimum Gasteiger partial charge on any atom is -0.338 e. The minimum absolute atomic E-state index is 0.145. The molecule has 1 atom stereocenters. The van der Waals surface area contributed by atoms with Crippen LogP contribution in [0.15, 0.2) is 37.1 Å². The lowest BCUT2D eigenvalue weighted by molar-refractivity contribution is 0.186. The maximum atomic E-state index is 5.94. The second kappa shape index (κ2) is 6.55. The molecule has 0 spiro atoms. The molecule has 21 heavy (non-hydrogen) atoms. The van der Waals surface area contributed by atoms with Crippen LogP contribution in [-0.2, 0) is 0 Å². The van der Waals surface area contributed by atoms with Crippen molar-refractivity contribution < 1.29 is 0 Å². The van der Waals surface area contributed by atoms with Gasteiger partial charge in [0.25, 0.3) is 0 Å². The SMILES string of the molecule is NCC(c1ccncn1)N1CCN(c2ncccn2)CC1. The van der Waals surface area contributed by atoms with Crippen molar-refractivity contribution in [2.45, 2.75) is 6.04 Å². The zero-order valence-corrected chi connectivity index (χ0v) is 11.8. The minimum atomic E-state index is 0.145. The molecule has 1 aliphatic rings. The lowest BCUT2D eigenvalue weighted by Crippen LogP contribution is -2.49. The molecule has 1 aliphatic heterocycles. The summed E-state index contributed by atoms with van der Waals surface area (Å²) in [6, 6.07) is 3.91. The van der Waals surface area contributed by atoms with Crippen molar-refractivity contribution in [1.82, 2.24) is 24.8 Å². The Kier molecular flexibility index (Phi) is 4.32. The zero-order valence-electron chi connectivity index (χ0n) is 11.8. The summed E-state index contributed by atoms with van der Waals surface area (Å²) in [6.07, 6.45) is 6.89. The topological polar surface area (TPSA) is 84.1 Å². The summed E-state index contributed by atoms with van der Waals surface area (Å²) in [5.74, 6) is 0.795. The summed E-state index contributed by atoms with van der Waals surface area (Å²) in [5.41, 5.74) is 6.92. The van der Waals surface area contributed by atoms with E-state index in [1.165, 1.54) is 0 Å². The number of anilines is 1. The van der Waals surface area contributed by atoms with Crippen LogP contribution in [-0.4, -0.2) is 57.6 Å². The van der Waals surface area contributed by atoms with Gasteiger partial charge in [-0.25, -0.2) is 19.9 Å². The first-order valence-corrected chi connectivity index (χ1v) is 7.10. The van der Waals surface area contributed by atoms with Gasteiger partial charge in [-0.3, -0.25) is 4.90 Å². The molecule has 0 aliphatic carbocycles. The van der Waals surface area contributed by atoms with Crippen molar-refractivity contribution in [3.63, 3.8) is 0 Å². The van der Waals surface area contributed by atoms with Crippen LogP contribution in [0.2, 0.25) is 0 Å². The van der Waals surface area contributed by atoms with E-state index in [1.54, 1.807) is 24.9 Å². The molecule has 1 unspecified atom stereocenters. The highest BCUT2D eigenvalue weighted by molar-refractivity contribution is 5.29. The first kappa shape index (κ1) is 13.8. The monoisotopic (exact) mass is 285 g/mol. The summed E-state index contributed by atoms with van der Waals surface area (Å²) in [7, 11) is 0. The average molecular weight is 285 g/mol. The number of piperazine rings is 1. The number of rotatable bonds is 4. The van der Waals surface area contributed by atoms with E-state index in [1.807, 2.05) is 12.1 Å². The van der Waals surface area contributed by atoms with Crippen LogP contribution in [0.25, 0.3) is 0 Å². The van der Waals surface area contributed by atoms with E-state index in [9.17, 15) is 0 Å². The number of aromatic nitrogens is 4. The second-order valence-corrected chi connectivity index (χ2v) is 4.96. The van der Waals surface area contributed by atoms with Crippen molar-refractivity contribution in [2.24, 2.45) is 5.73 Å². The van der Waals surface area contributed by atoms with E-state index in [-0.39, 0.29) is 6.04 Å². The predicted octanol–water partition coefficient (Wildman–Crippen LogP) is 0.0886. The van der Waals surface area contributed by atoms with Crippen molar-refractivity contribution in [1.29, 1.82) is 0 Å². The van der Waals surface area contributed by atoms with Gasteiger partial charge in [0, 0.05) is 51.3 Å². The Balaban J connectivity index is 1.65. The maximum absolute atomic E-state index is 5.94. The van der Waals surface area contributed by atoms with E-state index in [2.05, 4.69) is 29.7 Å². The molecule has 0 aromatic carbocycles. The standard InChI is InChI=1S/C14H19N7/c15-10-13(12-2-5-16-11-19-12)20-6-8-21(9-7-20)14-17-3-1-4-18-14/h1-5,11,13H,6-10,15H2. The molecule has 0 radical (unpaired) electrons. The first-order valence-electron chi connectivity index (χ1n) is 7.10. The van der Waals surface area contributed by atoms with Gasteiger partial charge in [0.05, 0.1) is 11.7 Å². The van der Waals surface area contributed by atoms with Gasteiger partial charge in [-0.1, -0.05) is 0 Å². The summed E-state index contributed by atoms with van der Waals surface area (Å²) in [5, 5.41) is 0. The van der Waals surface area contributed by atoms with Crippen molar-refractivity contribution >= 4 is 5.95 Å². The van der Waals surface area contributed by atoms with Crippen LogP contribution >= 0.6 is 0 Å².